The van der Waals surface area contributed by atoms with Crippen LogP contribution >= 0.6 is 0 Å². The zero-order chi connectivity index (χ0) is 14.1. The van der Waals surface area contributed by atoms with Crippen molar-refractivity contribution in [1.82, 2.24) is 5.32 Å². The van der Waals surface area contributed by atoms with Gasteiger partial charge in [0.1, 0.15) is 0 Å². The number of carbonyl (C=O) groups excluding carboxylic acids is 2. The van der Waals surface area contributed by atoms with Gasteiger partial charge in [-0.25, -0.2) is 4.79 Å². The maximum absolute atomic E-state index is 11.6. The van der Waals surface area contributed by atoms with Crippen molar-refractivity contribution in [2.75, 3.05) is 30.9 Å². The molecular formula is C13H19N3O3. The molecule has 3 N–H and O–H groups in total. The van der Waals surface area contributed by atoms with Gasteiger partial charge in [-0.3, -0.25) is 4.79 Å². The highest BCUT2D eigenvalue weighted by Gasteiger charge is 2.02. The predicted octanol–water partition coefficient (Wildman–Crippen LogP) is 1.80. The van der Waals surface area contributed by atoms with E-state index in [1.165, 1.54) is 6.92 Å². The average Bonchev–Trinajstić information content (AvgIpc) is 2.34. The van der Waals surface area contributed by atoms with Crippen LogP contribution in [0.4, 0.5) is 16.2 Å². The van der Waals surface area contributed by atoms with E-state index >= 15 is 0 Å². The van der Waals surface area contributed by atoms with Crippen molar-refractivity contribution in [3.8, 4) is 0 Å². The van der Waals surface area contributed by atoms with E-state index in [0.717, 1.165) is 6.42 Å². The van der Waals surface area contributed by atoms with Crippen LogP contribution in [-0.2, 0) is 9.53 Å². The van der Waals surface area contributed by atoms with Crippen LogP contribution in [0.2, 0.25) is 0 Å². The molecule has 0 bridgehead atoms. The SMILES string of the molecule is COCCCNC(=O)Nc1cccc(NC(C)=O)c1. The Kier molecular flexibility index (Phi) is 6.38. The Hall–Kier alpha value is -2.08. The van der Waals surface area contributed by atoms with E-state index in [0.29, 0.717) is 24.5 Å². The lowest BCUT2D eigenvalue weighted by Gasteiger charge is -2.09. The van der Waals surface area contributed by atoms with E-state index in [1.54, 1.807) is 31.4 Å². The third kappa shape index (κ3) is 6.42. The molecule has 6 heteroatoms. The fraction of sp³-hybridized carbons (Fsp3) is 0.385. The Morgan fingerprint density at radius 2 is 1.89 bits per heavy atom. The van der Waals surface area contributed by atoms with Gasteiger partial charge in [-0.15, -0.1) is 0 Å². The summed E-state index contributed by atoms with van der Waals surface area (Å²) < 4.78 is 4.88. The van der Waals surface area contributed by atoms with Crippen LogP contribution in [0.1, 0.15) is 13.3 Å². The molecule has 0 heterocycles. The number of hydrogen-bond acceptors (Lipinski definition) is 3. The fourth-order valence-corrected chi connectivity index (χ4v) is 1.47. The Morgan fingerprint density at radius 3 is 2.53 bits per heavy atom. The zero-order valence-electron chi connectivity index (χ0n) is 11.2. The molecule has 19 heavy (non-hydrogen) atoms. The first kappa shape index (κ1) is 15.0. The minimum Gasteiger partial charge on any atom is -0.385 e. The first-order valence-electron chi connectivity index (χ1n) is 6.03. The topological polar surface area (TPSA) is 79.5 Å². The van der Waals surface area contributed by atoms with Crippen LogP contribution in [0.15, 0.2) is 24.3 Å². The molecule has 0 spiro atoms. The molecule has 0 unspecified atom stereocenters. The van der Waals surface area contributed by atoms with E-state index < -0.39 is 0 Å². The number of rotatable bonds is 6. The van der Waals surface area contributed by atoms with Crippen molar-refractivity contribution >= 4 is 23.3 Å². The number of hydrogen-bond donors (Lipinski definition) is 3. The number of benzene rings is 1. The van der Waals surface area contributed by atoms with E-state index in [4.69, 9.17) is 4.74 Å². The molecule has 0 radical (unpaired) electrons. The molecule has 0 aliphatic carbocycles. The van der Waals surface area contributed by atoms with Gasteiger partial charge < -0.3 is 20.7 Å². The van der Waals surface area contributed by atoms with E-state index in [2.05, 4.69) is 16.0 Å². The molecular weight excluding hydrogens is 246 g/mol. The van der Waals surface area contributed by atoms with Gasteiger partial charge in [-0.2, -0.15) is 0 Å². The van der Waals surface area contributed by atoms with E-state index in [9.17, 15) is 9.59 Å². The van der Waals surface area contributed by atoms with Crippen molar-refractivity contribution in [2.45, 2.75) is 13.3 Å². The van der Waals surface area contributed by atoms with Gasteiger partial charge in [0.25, 0.3) is 0 Å². The Morgan fingerprint density at radius 1 is 1.21 bits per heavy atom. The molecule has 1 aromatic carbocycles. The number of ether oxygens (including phenoxy) is 1. The standard InChI is InChI=1S/C13H19N3O3/c1-10(17)15-11-5-3-6-12(9-11)16-13(18)14-7-4-8-19-2/h3,5-6,9H,4,7-8H2,1-2H3,(H,15,17)(H2,14,16,18). The van der Waals surface area contributed by atoms with Crippen molar-refractivity contribution in [2.24, 2.45) is 0 Å². The van der Waals surface area contributed by atoms with Crippen molar-refractivity contribution in [1.29, 1.82) is 0 Å². The van der Waals surface area contributed by atoms with Gasteiger partial charge in [-0.1, -0.05) is 6.07 Å². The van der Waals surface area contributed by atoms with Crippen LogP contribution < -0.4 is 16.0 Å². The first-order chi connectivity index (χ1) is 9.11. The summed E-state index contributed by atoms with van der Waals surface area (Å²) in [5.74, 6) is -0.152. The quantitative estimate of drug-likeness (QED) is 0.686. The first-order valence-corrected chi connectivity index (χ1v) is 6.03. The highest BCUT2D eigenvalue weighted by atomic mass is 16.5. The van der Waals surface area contributed by atoms with E-state index in [-0.39, 0.29) is 11.9 Å². The van der Waals surface area contributed by atoms with Gasteiger partial charge in [-0.05, 0) is 24.6 Å². The maximum atomic E-state index is 11.6. The molecule has 104 valence electrons. The van der Waals surface area contributed by atoms with Gasteiger partial charge in [0, 0.05) is 38.6 Å². The molecule has 1 rings (SSSR count). The van der Waals surface area contributed by atoms with Crippen LogP contribution in [0.25, 0.3) is 0 Å². The minimum atomic E-state index is -0.281. The van der Waals surface area contributed by atoms with Crippen molar-refractivity contribution < 1.29 is 14.3 Å². The summed E-state index contributed by atoms with van der Waals surface area (Å²) in [6, 6.07) is 6.67. The highest BCUT2D eigenvalue weighted by Crippen LogP contribution is 2.14. The summed E-state index contributed by atoms with van der Waals surface area (Å²) in [5, 5.41) is 8.05. The van der Waals surface area contributed by atoms with Crippen LogP contribution in [-0.4, -0.2) is 32.2 Å². The maximum Gasteiger partial charge on any atom is 0.319 e. The predicted molar refractivity (Wildman–Crippen MR) is 74.3 cm³/mol. The number of methoxy groups -OCH3 is 1. The number of carbonyl (C=O) groups is 2. The number of anilines is 2. The number of nitrogens with one attached hydrogen (secondary N) is 3. The van der Waals surface area contributed by atoms with Crippen molar-refractivity contribution in [3.05, 3.63) is 24.3 Å². The van der Waals surface area contributed by atoms with Gasteiger partial charge >= 0.3 is 6.03 Å². The minimum absolute atomic E-state index is 0.152. The molecule has 0 aromatic heterocycles. The molecule has 0 saturated heterocycles. The number of amides is 3. The lowest BCUT2D eigenvalue weighted by Crippen LogP contribution is -2.30. The summed E-state index contributed by atoms with van der Waals surface area (Å²) in [7, 11) is 1.62. The Labute approximate surface area is 112 Å². The summed E-state index contributed by atoms with van der Waals surface area (Å²) in [4.78, 5) is 22.5. The third-order valence-electron chi connectivity index (χ3n) is 2.25. The molecule has 1 aromatic rings. The average molecular weight is 265 g/mol. The molecule has 6 nitrogen and oxygen atoms in total. The summed E-state index contributed by atoms with van der Waals surface area (Å²) in [6.07, 6.45) is 0.760. The lowest BCUT2D eigenvalue weighted by molar-refractivity contribution is -0.114. The second-order valence-electron chi connectivity index (χ2n) is 3.99. The smallest absolute Gasteiger partial charge is 0.319 e. The second kappa shape index (κ2) is 8.10. The fourth-order valence-electron chi connectivity index (χ4n) is 1.47. The van der Waals surface area contributed by atoms with Crippen LogP contribution in [0.3, 0.4) is 0 Å². The molecule has 0 fully saturated rings. The molecule has 0 atom stereocenters. The molecule has 0 aliphatic heterocycles. The second-order valence-corrected chi connectivity index (χ2v) is 3.99. The largest absolute Gasteiger partial charge is 0.385 e. The van der Waals surface area contributed by atoms with Gasteiger partial charge in [0.15, 0.2) is 0 Å². The van der Waals surface area contributed by atoms with Gasteiger partial charge in [0.05, 0.1) is 0 Å². The monoisotopic (exact) mass is 265 g/mol. The van der Waals surface area contributed by atoms with Gasteiger partial charge in [0.2, 0.25) is 5.91 Å². The Bertz CT molecular complexity index is 435. The summed E-state index contributed by atoms with van der Waals surface area (Å²) in [5.41, 5.74) is 1.26. The van der Waals surface area contributed by atoms with E-state index in [1.807, 2.05) is 0 Å². The normalized spacial score (nSPS) is 9.79. The highest BCUT2D eigenvalue weighted by molar-refractivity contribution is 5.92. The molecule has 0 aliphatic rings. The van der Waals surface area contributed by atoms with Crippen molar-refractivity contribution in [3.63, 3.8) is 0 Å². The third-order valence-corrected chi connectivity index (χ3v) is 2.25. The zero-order valence-corrected chi connectivity index (χ0v) is 11.2. The molecule has 0 saturated carbocycles. The van der Waals surface area contributed by atoms with Crippen LogP contribution in [0, 0.1) is 0 Å². The summed E-state index contributed by atoms with van der Waals surface area (Å²) in [6.45, 7) is 2.59. The van der Waals surface area contributed by atoms with Crippen LogP contribution in [0.5, 0.6) is 0 Å². The Balaban J connectivity index is 2.43. The summed E-state index contributed by atoms with van der Waals surface area (Å²) >= 11 is 0. The molecule has 3 amide bonds. The number of urea groups is 1. The lowest BCUT2D eigenvalue weighted by atomic mass is 10.2.